The van der Waals surface area contributed by atoms with Crippen LogP contribution in [-0.4, -0.2) is 24.5 Å². The molecule has 1 atom stereocenters. The minimum atomic E-state index is -0.576. The molecule has 1 aromatic carbocycles. The summed E-state index contributed by atoms with van der Waals surface area (Å²) in [5, 5.41) is 3.26. The predicted octanol–water partition coefficient (Wildman–Crippen LogP) is 3.76. The van der Waals surface area contributed by atoms with Crippen molar-refractivity contribution in [3.8, 4) is 11.5 Å². The molecule has 1 heterocycles. The number of carbonyl (C=O) groups is 2. The maximum atomic E-state index is 12.7. The summed E-state index contributed by atoms with van der Waals surface area (Å²) in [5.74, 6) is 0.790. The first kappa shape index (κ1) is 19.6. The quantitative estimate of drug-likeness (QED) is 0.880. The van der Waals surface area contributed by atoms with Crippen molar-refractivity contribution < 1.29 is 19.1 Å². The Morgan fingerprint density at radius 1 is 1.16 bits per heavy atom. The van der Waals surface area contributed by atoms with Gasteiger partial charge in [-0.25, -0.2) is 0 Å². The zero-order valence-electron chi connectivity index (χ0n) is 15.7. The number of benzene rings is 1. The summed E-state index contributed by atoms with van der Waals surface area (Å²) < 4.78 is 10.6. The van der Waals surface area contributed by atoms with E-state index in [4.69, 9.17) is 21.1 Å². The van der Waals surface area contributed by atoms with Gasteiger partial charge in [0.2, 0.25) is 12.7 Å². The van der Waals surface area contributed by atoms with E-state index in [2.05, 4.69) is 5.32 Å². The van der Waals surface area contributed by atoms with E-state index in [-0.39, 0.29) is 24.9 Å². The van der Waals surface area contributed by atoms with Gasteiger partial charge < -0.3 is 14.8 Å². The van der Waals surface area contributed by atoms with Crippen LogP contribution < -0.4 is 14.8 Å². The number of fused-ring (bicyclic) bond motifs is 1. The molecule has 1 aliphatic rings. The average Bonchev–Trinajstić information content (AvgIpc) is 2.94. The zero-order chi connectivity index (χ0) is 19.0. The van der Waals surface area contributed by atoms with Crippen molar-refractivity contribution in [2.24, 2.45) is 10.8 Å². The molecule has 0 radical (unpaired) electrons. The van der Waals surface area contributed by atoms with E-state index < -0.39 is 16.9 Å². The van der Waals surface area contributed by atoms with Crippen LogP contribution in [0.15, 0.2) is 12.1 Å². The van der Waals surface area contributed by atoms with E-state index in [1.807, 2.05) is 41.5 Å². The van der Waals surface area contributed by atoms with E-state index in [1.54, 1.807) is 12.1 Å². The molecule has 0 saturated heterocycles. The predicted molar refractivity (Wildman–Crippen MR) is 97.1 cm³/mol. The minimum absolute atomic E-state index is 0.00475. The SMILES string of the molecule is CC(C)(C)C(=O)C(NC(=O)Cc1ccc2c(c1Cl)OCO2)C(C)(C)C. The van der Waals surface area contributed by atoms with Crippen molar-refractivity contribution in [2.45, 2.75) is 54.0 Å². The van der Waals surface area contributed by atoms with E-state index >= 15 is 0 Å². The number of halogens is 1. The van der Waals surface area contributed by atoms with Crippen molar-refractivity contribution in [1.29, 1.82) is 0 Å². The van der Waals surface area contributed by atoms with Crippen molar-refractivity contribution in [3.63, 3.8) is 0 Å². The summed E-state index contributed by atoms with van der Waals surface area (Å²) in [6.45, 7) is 11.5. The third kappa shape index (κ3) is 4.46. The smallest absolute Gasteiger partial charge is 0.231 e. The van der Waals surface area contributed by atoms with Gasteiger partial charge in [0.15, 0.2) is 17.3 Å². The molecule has 2 rings (SSSR count). The van der Waals surface area contributed by atoms with E-state index in [0.29, 0.717) is 22.1 Å². The monoisotopic (exact) mass is 367 g/mol. The van der Waals surface area contributed by atoms with Gasteiger partial charge in [-0.15, -0.1) is 0 Å². The van der Waals surface area contributed by atoms with Gasteiger partial charge in [0, 0.05) is 5.41 Å². The van der Waals surface area contributed by atoms with Gasteiger partial charge in [-0.1, -0.05) is 59.2 Å². The van der Waals surface area contributed by atoms with E-state index in [9.17, 15) is 9.59 Å². The molecule has 0 fully saturated rings. The summed E-state index contributed by atoms with van der Waals surface area (Å²) in [6.07, 6.45) is 0.0689. The topological polar surface area (TPSA) is 64.6 Å². The van der Waals surface area contributed by atoms with Gasteiger partial charge >= 0.3 is 0 Å². The lowest BCUT2D eigenvalue weighted by Gasteiger charge is -2.34. The molecule has 0 saturated carbocycles. The molecule has 0 aliphatic carbocycles. The molecule has 1 amide bonds. The molecule has 5 nitrogen and oxygen atoms in total. The van der Waals surface area contributed by atoms with Crippen molar-refractivity contribution >= 4 is 23.3 Å². The summed E-state index contributed by atoms with van der Waals surface area (Å²) in [5.41, 5.74) is -0.292. The number of hydrogen-bond donors (Lipinski definition) is 1. The first-order valence-electron chi connectivity index (χ1n) is 8.32. The molecule has 1 N–H and O–H groups in total. The van der Waals surface area contributed by atoms with Gasteiger partial charge in [0.1, 0.15) is 0 Å². The highest BCUT2D eigenvalue weighted by atomic mass is 35.5. The molecular weight excluding hydrogens is 342 g/mol. The van der Waals surface area contributed by atoms with Crippen LogP contribution in [0.2, 0.25) is 5.02 Å². The lowest BCUT2D eigenvalue weighted by atomic mass is 9.75. The fraction of sp³-hybridized carbons (Fsp3) is 0.579. The Labute approximate surface area is 154 Å². The lowest BCUT2D eigenvalue weighted by Crippen LogP contribution is -2.53. The second kappa shape index (κ2) is 6.87. The van der Waals surface area contributed by atoms with Crippen LogP contribution in [-0.2, 0) is 16.0 Å². The van der Waals surface area contributed by atoms with Crippen LogP contribution in [0.1, 0.15) is 47.1 Å². The molecular formula is C19H26ClNO4. The van der Waals surface area contributed by atoms with Crippen molar-refractivity contribution in [1.82, 2.24) is 5.32 Å². The molecule has 0 bridgehead atoms. The number of amides is 1. The molecule has 0 spiro atoms. The largest absolute Gasteiger partial charge is 0.454 e. The molecule has 0 aromatic heterocycles. The summed E-state index contributed by atoms with van der Waals surface area (Å²) >= 11 is 6.31. The van der Waals surface area contributed by atoms with Crippen molar-refractivity contribution in [2.75, 3.05) is 6.79 Å². The number of ether oxygens (including phenoxy) is 2. The summed E-state index contributed by atoms with van der Waals surface area (Å²) in [4.78, 5) is 25.3. The number of hydrogen-bond acceptors (Lipinski definition) is 4. The molecule has 1 unspecified atom stereocenters. The fourth-order valence-corrected chi connectivity index (χ4v) is 2.89. The highest BCUT2D eigenvalue weighted by molar-refractivity contribution is 6.33. The Morgan fingerprint density at radius 2 is 1.80 bits per heavy atom. The van der Waals surface area contributed by atoms with Gasteiger partial charge in [-0.3, -0.25) is 9.59 Å². The van der Waals surface area contributed by atoms with E-state index in [0.717, 1.165) is 0 Å². The number of nitrogens with one attached hydrogen (secondary N) is 1. The first-order chi connectivity index (χ1) is 11.4. The number of Topliss-reactive ketones (excluding diaryl/α,β-unsaturated/α-hetero) is 1. The molecule has 25 heavy (non-hydrogen) atoms. The first-order valence-corrected chi connectivity index (χ1v) is 8.69. The highest BCUT2D eigenvalue weighted by Crippen LogP contribution is 2.41. The Balaban J connectivity index is 2.16. The molecule has 6 heteroatoms. The normalized spacial score (nSPS) is 15.0. The van der Waals surface area contributed by atoms with Crippen LogP contribution in [0.25, 0.3) is 0 Å². The molecule has 138 valence electrons. The second-order valence-electron chi connectivity index (χ2n) is 8.43. The number of rotatable bonds is 4. The van der Waals surface area contributed by atoms with Crippen LogP contribution in [0.3, 0.4) is 0 Å². The Bertz CT molecular complexity index is 686. The Hall–Kier alpha value is -1.75. The molecule has 1 aliphatic heterocycles. The van der Waals surface area contributed by atoms with Crippen LogP contribution >= 0.6 is 11.6 Å². The van der Waals surface area contributed by atoms with Crippen LogP contribution in [0.4, 0.5) is 0 Å². The molecule has 1 aromatic rings. The summed E-state index contributed by atoms with van der Waals surface area (Å²) in [6, 6.07) is 2.90. The van der Waals surface area contributed by atoms with Gasteiger partial charge in [-0.05, 0) is 17.0 Å². The van der Waals surface area contributed by atoms with Gasteiger partial charge in [0.05, 0.1) is 17.5 Å². The fourth-order valence-electron chi connectivity index (χ4n) is 2.61. The van der Waals surface area contributed by atoms with Crippen molar-refractivity contribution in [3.05, 3.63) is 22.7 Å². The second-order valence-corrected chi connectivity index (χ2v) is 8.81. The standard InChI is InChI=1S/C19H26ClNO4/c1-18(2,3)16(17(23)19(4,5)6)21-13(22)9-11-7-8-12-15(14(11)20)25-10-24-12/h7-8,16H,9-10H2,1-6H3,(H,21,22). The van der Waals surface area contributed by atoms with Crippen LogP contribution in [0.5, 0.6) is 11.5 Å². The Kier molecular flexibility index (Phi) is 5.38. The minimum Gasteiger partial charge on any atom is -0.454 e. The maximum absolute atomic E-state index is 12.7. The average molecular weight is 368 g/mol. The lowest BCUT2D eigenvalue weighted by molar-refractivity contribution is -0.135. The number of ketones is 1. The van der Waals surface area contributed by atoms with Crippen LogP contribution in [0, 0.1) is 10.8 Å². The van der Waals surface area contributed by atoms with Gasteiger partial charge in [0.25, 0.3) is 0 Å². The third-order valence-corrected chi connectivity index (χ3v) is 4.50. The number of carbonyl (C=O) groups excluding carboxylic acids is 2. The van der Waals surface area contributed by atoms with Gasteiger partial charge in [-0.2, -0.15) is 0 Å². The summed E-state index contributed by atoms with van der Waals surface area (Å²) in [7, 11) is 0. The Morgan fingerprint density at radius 3 is 2.36 bits per heavy atom. The van der Waals surface area contributed by atoms with E-state index in [1.165, 1.54) is 0 Å². The zero-order valence-corrected chi connectivity index (χ0v) is 16.4. The third-order valence-electron chi connectivity index (χ3n) is 4.08. The maximum Gasteiger partial charge on any atom is 0.231 e. The highest BCUT2D eigenvalue weighted by Gasteiger charge is 2.38.